The molecule has 1 rings (SSSR count). The van der Waals surface area contributed by atoms with Crippen LogP contribution in [0.15, 0.2) is 0 Å². The van der Waals surface area contributed by atoms with Gasteiger partial charge in [0.05, 0.1) is 31.6 Å². The fourth-order valence-corrected chi connectivity index (χ4v) is 4.40. The zero-order valence-electron chi connectivity index (χ0n) is 15.0. The van der Waals surface area contributed by atoms with Crippen molar-refractivity contribution < 1.29 is 60.2 Å². The molecule has 0 amide bonds. The van der Waals surface area contributed by atoms with Crippen LogP contribution < -0.4 is 0 Å². The van der Waals surface area contributed by atoms with Crippen molar-refractivity contribution in [1.29, 1.82) is 0 Å². The van der Waals surface area contributed by atoms with Gasteiger partial charge in [-0.15, -0.1) is 0 Å². The van der Waals surface area contributed by atoms with Gasteiger partial charge >= 0.3 is 0 Å². The summed E-state index contributed by atoms with van der Waals surface area (Å²) < 4.78 is 115. The Morgan fingerprint density at radius 3 is 1.46 bits per heavy atom. The van der Waals surface area contributed by atoms with E-state index >= 15 is 0 Å². The van der Waals surface area contributed by atoms with Crippen LogP contribution in [-0.2, 0) is 61.9 Å². The van der Waals surface area contributed by atoms with Crippen LogP contribution >= 0.6 is 0 Å². The van der Waals surface area contributed by atoms with Crippen LogP contribution in [0.5, 0.6) is 0 Å². The lowest BCUT2D eigenvalue weighted by Crippen LogP contribution is -2.62. The van der Waals surface area contributed by atoms with Crippen LogP contribution in [0.2, 0.25) is 0 Å². The van der Waals surface area contributed by atoms with Crippen molar-refractivity contribution in [2.45, 2.75) is 30.7 Å². The fraction of sp³-hybridized carbons (Fsp3) is 1.00. The number of hydrogen-bond donors (Lipinski definition) is 1. The maximum Gasteiger partial charge on any atom is 0.264 e. The molecule has 0 saturated carbocycles. The molecule has 168 valence electrons. The molecule has 1 aliphatic rings. The van der Waals surface area contributed by atoms with Gasteiger partial charge in [-0.3, -0.25) is 16.7 Å². The lowest BCUT2D eigenvalue weighted by Gasteiger charge is -2.42. The van der Waals surface area contributed by atoms with Crippen molar-refractivity contribution in [3.8, 4) is 0 Å². The smallest absolute Gasteiger partial charge is 0.264 e. The van der Waals surface area contributed by atoms with Crippen molar-refractivity contribution in [3.05, 3.63) is 0 Å². The molecule has 0 aliphatic carbocycles. The van der Waals surface area contributed by atoms with Crippen molar-refractivity contribution in [3.63, 3.8) is 0 Å². The number of aliphatic hydroxyl groups excluding tert-OH is 1. The Kier molecular flexibility index (Phi) is 7.99. The Morgan fingerprint density at radius 1 is 0.679 bits per heavy atom. The van der Waals surface area contributed by atoms with Crippen LogP contribution in [0.4, 0.5) is 0 Å². The van der Waals surface area contributed by atoms with Gasteiger partial charge in [0, 0.05) is 0 Å². The first kappa shape index (κ1) is 25.6. The molecule has 0 aromatic rings. The highest BCUT2D eigenvalue weighted by Crippen LogP contribution is 2.30. The van der Waals surface area contributed by atoms with Gasteiger partial charge in [-0.05, 0) is 0 Å². The molecule has 0 unspecified atom stereocenters. The van der Waals surface area contributed by atoms with Crippen LogP contribution in [0.1, 0.15) is 0 Å². The van der Waals surface area contributed by atoms with E-state index in [1.165, 1.54) is 0 Å². The maximum absolute atomic E-state index is 11.6. The second-order valence-corrected chi connectivity index (χ2v) is 12.3. The third-order valence-corrected chi connectivity index (χ3v) is 5.19. The van der Waals surface area contributed by atoms with E-state index in [1.54, 1.807) is 0 Å². The van der Waals surface area contributed by atoms with Gasteiger partial charge in [0.2, 0.25) is 0 Å². The zero-order chi connectivity index (χ0) is 22.1. The fourth-order valence-electron chi connectivity index (χ4n) is 2.15. The number of ether oxygens (including phenoxy) is 1. The van der Waals surface area contributed by atoms with E-state index in [1.807, 2.05) is 0 Å². The summed E-state index contributed by atoms with van der Waals surface area (Å²) in [6, 6.07) is 0. The second kappa shape index (κ2) is 8.74. The van der Waals surface area contributed by atoms with Gasteiger partial charge in [0.1, 0.15) is 18.3 Å². The average Bonchev–Trinajstić information content (AvgIpc) is 2.39. The normalized spacial score (nSPS) is 30.2. The van der Waals surface area contributed by atoms with E-state index in [4.69, 9.17) is 8.92 Å². The number of hydrogen-bond acceptors (Lipinski definition) is 14. The van der Waals surface area contributed by atoms with E-state index in [2.05, 4.69) is 12.5 Å². The van der Waals surface area contributed by atoms with Crippen LogP contribution in [0.3, 0.4) is 0 Å². The topological polar surface area (TPSA) is 203 Å². The standard InChI is InChI=1S/C10H20O14S4/c1-25(12,13)20-5-6-7(22-26(2,14)15)8(23-27(3,16)17)9(10(11)21-6)24-28(4,18)19/h6-11H,5H2,1-4H3/t6-,7-,8+,9-,10-/m0/s1. The molecule has 1 fully saturated rings. The lowest BCUT2D eigenvalue weighted by atomic mass is 9.99. The summed E-state index contributed by atoms with van der Waals surface area (Å²) in [6.45, 7) is -0.911. The minimum Gasteiger partial charge on any atom is -0.366 e. The van der Waals surface area contributed by atoms with E-state index < -0.39 is 77.8 Å². The van der Waals surface area contributed by atoms with Gasteiger partial charge < -0.3 is 9.84 Å². The second-order valence-electron chi connectivity index (χ2n) is 5.85. The highest BCUT2D eigenvalue weighted by molar-refractivity contribution is 7.86. The highest BCUT2D eigenvalue weighted by Gasteiger charge is 2.52. The predicted octanol–water partition coefficient (Wildman–Crippen LogP) is -3.29. The van der Waals surface area contributed by atoms with Crippen molar-refractivity contribution in [2.24, 2.45) is 0 Å². The van der Waals surface area contributed by atoms with Crippen molar-refractivity contribution >= 4 is 40.5 Å². The van der Waals surface area contributed by atoms with E-state index in [0.29, 0.717) is 25.0 Å². The molecule has 0 aromatic heterocycles. The molecule has 0 radical (unpaired) electrons. The Bertz CT molecular complexity index is 963. The predicted molar refractivity (Wildman–Crippen MR) is 90.8 cm³/mol. The molecular formula is C10H20O14S4. The summed E-state index contributed by atoms with van der Waals surface area (Å²) in [6.07, 6.45) is -7.58. The third kappa shape index (κ3) is 9.37. The molecule has 1 aliphatic heterocycles. The largest absolute Gasteiger partial charge is 0.366 e. The Balaban J connectivity index is 3.42. The summed E-state index contributed by atoms with van der Waals surface area (Å²) in [4.78, 5) is 0. The molecule has 14 nitrogen and oxygen atoms in total. The molecule has 0 aromatic carbocycles. The highest BCUT2D eigenvalue weighted by atomic mass is 32.2. The SMILES string of the molecule is CS(=O)(=O)OC[C@@H]1O[C@H](O)[C@@H](OS(C)(=O)=O)[C@H](OS(C)(=O)=O)[C@H]1OS(C)(=O)=O. The summed E-state index contributed by atoms with van der Waals surface area (Å²) in [5.74, 6) is 0. The first-order chi connectivity index (χ1) is 12.3. The molecule has 0 spiro atoms. The Hall–Kier alpha value is -0.440. The minimum absolute atomic E-state index is 0.561. The molecule has 28 heavy (non-hydrogen) atoms. The lowest BCUT2D eigenvalue weighted by molar-refractivity contribution is -0.267. The van der Waals surface area contributed by atoms with Crippen molar-refractivity contribution in [2.75, 3.05) is 31.6 Å². The molecule has 1 N–H and O–H groups in total. The van der Waals surface area contributed by atoms with Gasteiger partial charge in [-0.2, -0.15) is 33.7 Å². The zero-order valence-corrected chi connectivity index (χ0v) is 18.2. The van der Waals surface area contributed by atoms with Gasteiger partial charge in [0.25, 0.3) is 40.5 Å². The molecule has 1 saturated heterocycles. The summed E-state index contributed by atoms with van der Waals surface area (Å²) in [5.41, 5.74) is 0. The van der Waals surface area contributed by atoms with Gasteiger partial charge in [-0.1, -0.05) is 0 Å². The van der Waals surface area contributed by atoms with Gasteiger partial charge in [-0.25, -0.2) is 0 Å². The minimum atomic E-state index is -4.37. The quantitative estimate of drug-likeness (QED) is 0.314. The molecule has 0 bridgehead atoms. The van der Waals surface area contributed by atoms with Crippen LogP contribution in [-0.4, -0.2) is 101 Å². The third-order valence-electron chi connectivity index (χ3n) is 2.91. The maximum atomic E-state index is 11.6. The van der Waals surface area contributed by atoms with Gasteiger partial charge in [0.15, 0.2) is 12.4 Å². The molecule has 5 atom stereocenters. The number of rotatable bonds is 9. The Labute approximate surface area is 163 Å². The Morgan fingerprint density at radius 2 is 1.07 bits per heavy atom. The summed E-state index contributed by atoms with van der Waals surface area (Å²) >= 11 is 0. The van der Waals surface area contributed by atoms with Crippen molar-refractivity contribution in [1.82, 2.24) is 0 Å². The number of aliphatic hydroxyl groups is 1. The average molecular weight is 493 g/mol. The summed E-state index contributed by atoms with van der Waals surface area (Å²) in [7, 11) is -17.1. The van der Waals surface area contributed by atoms with E-state index in [0.717, 1.165) is 0 Å². The first-order valence-electron chi connectivity index (χ1n) is 7.10. The molecule has 1 heterocycles. The summed E-state index contributed by atoms with van der Waals surface area (Å²) in [5, 5.41) is 10.0. The van der Waals surface area contributed by atoms with Crippen LogP contribution in [0.25, 0.3) is 0 Å². The molecular weight excluding hydrogens is 472 g/mol. The first-order valence-corrected chi connectivity index (χ1v) is 14.4. The van der Waals surface area contributed by atoms with E-state index in [-0.39, 0.29) is 0 Å². The van der Waals surface area contributed by atoms with Crippen LogP contribution in [0, 0.1) is 0 Å². The monoisotopic (exact) mass is 492 g/mol. The molecule has 18 heteroatoms. The van der Waals surface area contributed by atoms with E-state index in [9.17, 15) is 38.8 Å².